The van der Waals surface area contributed by atoms with Crippen LogP contribution in [0.15, 0.2) is 10.8 Å². The van der Waals surface area contributed by atoms with E-state index in [1.165, 1.54) is 16.2 Å². The smallest absolute Gasteiger partial charge is 0.274 e. The van der Waals surface area contributed by atoms with Crippen molar-refractivity contribution in [1.29, 1.82) is 0 Å². The molecule has 1 fully saturated rings. The first-order chi connectivity index (χ1) is 21.3. The van der Waals surface area contributed by atoms with E-state index in [1.54, 1.807) is 24.6 Å². The lowest BCUT2D eigenvalue weighted by atomic mass is 9.99. The molecule has 2 aliphatic rings. The van der Waals surface area contributed by atoms with Gasteiger partial charge in [0.1, 0.15) is 39.5 Å². The van der Waals surface area contributed by atoms with E-state index in [2.05, 4.69) is 31.2 Å². The van der Waals surface area contributed by atoms with Crippen LogP contribution in [0.5, 0.6) is 0 Å². The Bertz CT molecular complexity index is 1440. The Morgan fingerprint density at radius 2 is 1.67 bits per heavy atom. The number of nitrogens with one attached hydrogen (secondary N) is 4. The molecule has 0 spiro atoms. The normalized spacial score (nSPS) is 23.6. The van der Waals surface area contributed by atoms with Gasteiger partial charge in [-0.1, -0.05) is 27.7 Å². The lowest BCUT2D eigenvalue weighted by Gasteiger charge is -2.29. The number of hydrogen-bond donors (Lipinski definition) is 5. The lowest BCUT2D eigenvalue weighted by Crippen LogP contribution is -2.58. The summed E-state index contributed by atoms with van der Waals surface area (Å²) in [6.45, 7) is 7.80. The summed E-state index contributed by atoms with van der Waals surface area (Å²) in [4.78, 5) is 89.0. The number of nitrogens with two attached hydrogens (primary N) is 1. The third kappa shape index (κ3) is 8.63. The molecule has 0 saturated carbocycles. The summed E-state index contributed by atoms with van der Waals surface area (Å²) >= 11 is 2.35. The fourth-order valence-electron chi connectivity index (χ4n) is 5.28. The number of rotatable bonds is 6. The van der Waals surface area contributed by atoms with E-state index in [1.807, 2.05) is 13.8 Å². The van der Waals surface area contributed by atoms with Crippen molar-refractivity contribution in [2.75, 3.05) is 6.54 Å². The summed E-state index contributed by atoms with van der Waals surface area (Å²) in [7, 11) is 0. The number of fused-ring (bicyclic) bond motifs is 5. The van der Waals surface area contributed by atoms with Gasteiger partial charge in [-0.2, -0.15) is 0 Å². The van der Waals surface area contributed by atoms with Crippen LogP contribution in [0.2, 0.25) is 0 Å². The molecule has 0 aliphatic carbocycles. The highest BCUT2D eigenvalue weighted by molar-refractivity contribution is 7.10. The van der Waals surface area contributed by atoms with E-state index >= 15 is 0 Å². The van der Waals surface area contributed by atoms with E-state index in [0.717, 1.165) is 11.3 Å². The van der Waals surface area contributed by atoms with Crippen molar-refractivity contribution >= 4 is 58.1 Å². The number of carbonyl (C=O) groups is 6. The first-order valence-electron chi connectivity index (χ1n) is 15.0. The standard InChI is InChI=1S/C29H40N8O6S2/c1-14(2)10-17-25(40)36-23(15(3)4)27(42)33-16(7-8-21(30)38)28-35-18(12-45-28)24(39)31-11-22-32-19(13-44-22)29(43)37-9-5-6-20(37)26(41)34-17/h12-17,20,23H,5-11H2,1-4H3,(H2,30,38)(H,31,39)(H,33,42)(H,34,41)(H,36,40)/t16-,17+,20-,23-/m1/s1. The third-order valence-electron chi connectivity index (χ3n) is 7.62. The van der Waals surface area contributed by atoms with Crippen LogP contribution >= 0.6 is 22.7 Å². The highest BCUT2D eigenvalue weighted by atomic mass is 32.1. The SMILES string of the molecule is CC(C)C[C@@H]1NC(=O)[C@H]2CCCN2C(=O)c2csc(n2)CNC(=O)c2csc(n2)[C@@H](CCC(N)=O)NC(=O)[C@@H](C(C)C)NC1=O. The van der Waals surface area contributed by atoms with E-state index < -0.39 is 59.6 Å². The van der Waals surface area contributed by atoms with Crippen molar-refractivity contribution in [3.05, 3.63) is 32.2 Å². The minimum atomic E-state index is -0.986. The number of nitrogens with zero attached hydrogens (tertiary/aromatic N) is 3. The number of primary amides is 1. The Labute approximate surface area is 269 Å². The van der Waals surface area contributed by atoms with Crippen LogP contribution in [0, 0.1) is 11.8 Å². The Hall–Kier alpha value is -3.92. The summed E-state index contributed by atoms with van der Waals surface area (Å²) in [5, 5.41) is 15.3. The summed E-state index contributed by atoms with van der Waals surface area (Å²) < 4.78 is 0. The Balaban J connectivity index is 1.69. The molecule has 1 saturated heterocycles. The van der Waals surface area contributed by atoms with Crippen molar-refractivity contribution in [2.45, 2.75) is 90.5 Å². The Kier molecular flexibility index (Phi) is 11.3. The molecule has 0 aromatic carbocycles. The van der Waals surface area contributed by atoms with E-state index in [4.69, 9.17) is 5.73 Å². The monoisotopic (exact) mass is 660 g/mol. The van der Waals surface area contributed by atoms with Gasteiger partial charge in [0, 0.05) is 23.7 Å². The Morgan fingerprint density at radius 1 is 0.956 bits per heavy atom. The fourth-order valence-corrected chi connectivity index (χ4v) is 6.88. The number of carbonyl (C=O) groups excluding carboxylic acids is 6. The summed E-state index contributed by atoms with van der Waals surface area (Å²) in [6.07, 6.45) is 1.44. The topological polar surface area (TPSA) is 206 Å². The minimum absolute atomic E-state index is 0.0326. The Morgan fingerprint density at radius 3 is 2.36 bits per heavy atom. The van der Waals surface area contributed by atoms with Gasteiger partial charge in [0.2, 0.25) is 23.6 Å². The zero-order valence-electron chi connectivity index (χ0n) is 25.8. The predicted molar refractivity (Wildman–Crippen MR) is 167 cm³/mol. The molecule has 2 aromatic rings. The van der Waals surface area contributed by atoms with Crippen LogP contribution in [0.25, 0.3) is 0 Å². The summed E-state index contributed by atoms with van der Waals surface area (Å²) in [5.74, 6) is -3.25. The molecule has 4 atom stereocenters. The molecule has 2 aromatic heterocycles. The second kappa shape index (κ2) is 14.9. The molecule has 4 rings (SSSR count). The second-order valence-corrected chi connectivity index (χ2v) is 13.9. The van der Waals surface area contributed by atoms with Crippen LogP contribution in [0.4, 0.5) is 0 Å². The lowest BCUT2D eigenvalue weighted by molar-refractivity contribution is -0.134. The first kappa shape index (κ1) is 34.0. The van der Waals surface area contributed by atoms with E-state index in [-0.39, 0.29) is 42.6 Å². The van der Waals surface area contributed by atoms with Gasteiger partial charge in [0.25, 0.3) is 11.8 Å². The molecule has 2 aliphatic heterocycles. The zero-order chi connectivity index (χ0) is 32.8. The maximum Gasteiger partial charge on any atom is 0.274 e. The molecular weight excluding hydrogens is 621 g/mol. The van der Waals surface area contributed by atoms with E-state index in [9.17, 15) is 28.8 Å². The zero-order valence-corrected chi connectivity index (χ0v) is 27.4. The van der Waals surface area contributed by atoms with Gasteiger partial charge in [-0.05, 0) is 37.5 Å². The van der Waals surface area contributed by atoms with Crippen molar-refractivity contribution < 1.29 is 28.8 Å². The van der Waals surface area contributed by atoms with E-state index in [0.29, 0.717) is 35.8 Å². The molecule has 4 bridgehead atoms. The maximum atomic E-state index is 13.6. The highest BCUT2D eigenvalue weighted by Crippen LogP contribution is 2.25. The fraction of sp³-hybridized carbons (Fsp3) is 0.586. The van der Waals surface area contributed by atoms with Crippen LogP contribution in [-0.2, 0) is 25.7 Å². The molecule has 6 amide bonds. The largest absolute Gasteiger partial charge is 0.370 e. The van der Waals surface area contributed by atoms with Crippen LogP contribution in [0.3, 0.4) is 0 Å². The van der Waals surface area contributed by atoms with Gasteiger partial charge in [-0.15, -0.1) is 22.7 Å². The van der Waals surface area contributed by atoms with Gasteiger partial charge >= 0.3 is 0 Å². The van der Waals surface area contributed by atoms with Crippen LogP contribution in [0.1, 0.15) is 96.8 Å². The molecule has 244 valence electrons. The number of aromatic nitrogens is 2. The summed E-state index contributed by atoms with van der Waals surface area (Å²) in [6, 6.07) is -3.47. The minimum Gasteiger partial charge on any atom is -0.370 e. The third-order valence-corrected chi connectivity index (χ3v) is 9.43. The molecule has 0 radical (unpaired) electrons. The molecule has 45 heavy (non-hydrogen) atoms. The highest BCUT2D eigenvalue weighted by Gasteiger charge is 2.38. The molecule has 6 N–H and O–H groups in total. The molecule has 4 heterocycles. The van der Waals surface area contributed by atoms with Crippen molar-refractivity contribution in [3.8, 4) is 0 Å². The predicted octanol–water partition coefficient (Wildman–Crippen LogP) is 1.24. The van der Waals surface area contributed by atoms with Crippen LogP contribution < -0.4 is 27.0 Å². The average molecular weight is 661 g/mol. The average Bonchev–Trinajstić information content (AvgIpc) is 3.76. The van der Waals surface area contributed by atoms with Gasteiger partial charge in [0.05, 0.1) is 12.6 Å². The van der Waals surface area contributed by atoms with Gasteiger partial charge in [-0.25, -0.2) is 9.97 Å². The first-order valence-corrected chi connectivity index (χ1v) is 16.8. The molecular formula is C29H40N8O6S2. The molecule has 0 unspecified atom stereocenters. The van der Waals surface area contributed by atoms with Crippen molar-refractivity contribution in [2.24, 2.45) is 17.6 Å². The maximum absolute atomic E-state index is 13.6. The molecule has 16 heteroatoms. The molecule has 14 nitrogen and oxygen atoms in total. The van der Waals surface area contributed by atoms with Gasteiger partial charge < -0.3 is 31.9 Å². The number of thiazole rings is 2. The van der Waals surface area contributed by atoms with Crippen molar-refractivity contribution in [1.82, 2.24) is 36.1 Å². The quantitative estimate of drug-likeness (QED) is 0.304. The van der Waals surface area contributed by atoms with Gasteiger partial charge in [0.15, 0.2) is 0 Å². The van der Waals surface area contributed by atoms with Crippen molar-refractivity contribution in [3.63, 3.8) is 0 Å². The van der Waals surface area contributed by atoms with Crippen LogP contribution in [-0.4, -0.2) is 75.0 Å². The second-order valence-electron chi connectivity index (χ2n) is 12.0. The summed E-state index contributed by atoms with van der Waals surface area (Å²) in [5.41, 5.74) is 5.67. The number of hydrogen-bond acceptors (Lipinski definition) is 10. The number of amides is 6. The van der Waals surface area contributed by atoms with Gasteiger partial charge in [-0.3, -0.25) is 28.8 Å².